The number of likely N-dealkylation sites (tertiary alicyclic amines) is 1. The Morgan fingerprint density at radius 2 is 1.82 bits per heavy atom. The van der Waals surface area contributed by atoms with Crippen molar-refractivity contribution in [1.82, 2.24) is 13.9 Å². The SMILES string of the molecule is CNS(=O)(=O)N(Cc1ccc(OC)cc1)[C@H]1C[C@@H](C)N(C(=O)OC)[C@H]1COC1CCC(O)CC1. The second kappa shape index (κ2) is 11.7. The first kappa shape index (κ1) is 26.7. The van der Waals surface area contributed by atoms with Gasteiger partial charge in [0.15, 0.2) is 0 Å². The molecule has 1 aromatic rings. The van der Waals surface area contributed by atoms with E-state index in [1.165, 1.54) is 18.5 Å². The highest BCUT2D eigenvalue weighted by Crippen LogP contribution is 2.33. The summed E-state index contributed by atoms with van der Waals surface area (Å²) in [4.78, 5) is 14.3. The lowest BCUT2D eigenvalue weighted by Gasteiger charge is -2.35. The zero-order valence-corrected chi connectivity index (χ0v) is 21.2. The van der Waals surface area contributed by atoms with Crippen LogP contribution in [0.2, 0.25) is 0 Å². The predicted octanol–water partition coefficient (Wildman–Crippen LogP) is 1.88. The zero-order valence-electron chi connectivity index (χ0n) is 20.3. The third-order valence-electron chi connectivity index (χ3n) is 6.82. The summed E-state index contributed by atoms with van der Waals surface area (Å²) < 4.78 is 46.5. The molecule has 1 saturated carbocycles. The predicted molar refractivity (Wildman–Crippen MR) is 127 cm³/mol. The summed E-state index contributed by atoms with van der Waals surface area (Å²) in [6.07, 6.45) is 2.42. The van der Waals surface area contributed by atoms with Gasteiger partial charge in [-0.05, 0) is 56.7 Å². The number of rotatable bonds is 9. The van der Waals surface area contributed by atoms with Crippen molar-refractivity contribution < 1.29 is 32.5 Å². The van der Waals surface area contributed by atoms with E-state index >= 15 is 0 Å². The number of methoxy groups -OCH3 is 2. The molecule has 1 saturated heterocycles. The summed E-state index contributed by atoms with van der Waals surface area (Å²) in [5.74, 6) is 0.682. The molecule has 0 unspecified atom stereocenters. The number of aliphatic hydroxyl groups is 1. The fourth-order valence-electron chi connectivity index (χ4n) is 4.91. The van der Waals surface area contributed by atoms with Gasteiger partial charge in [-0.2, -0.15) is 12.7 Å². The highest BCUT2D eigenvalue weighted by molar-refractivity contribution is 7.87. The molecule has 2 aliphatic rings. The van der Waals surface area contributed by atoms with Gasteiger partial charge in [-0.15, -0.1) is 0 Å². The number of aliphatic hydroxyl groups excluding tert-OH is 1. The molecule has 11 heteroatoms. The molecular weight excluding hydrogens is 462 g/mol. The van der Waals surface area contributed by atoms with E-state index in [-0.39, 0.29) is 31.4 Å². The van der Waals surface area contributed by atoms with Gasteiger partial charge >= 0.3 is 6.09 Å². The van der Waals surface area contributed by atoms with Crippen LogP contribution in [-0.4, -0.2) is 87.0 Å². The second-order valence-electron chi connectivity index (χ2n) is 8.96. The number of hydrogen-bond donors (Lipinski definition) is 2. The molecule has 1 amide bonds. The molecule has 0 spiro atoms. The fourth-order valence-corrected chi connectivity index (χ4v) is 6.05. The van der Waals surface area contributed by atoms with Crippen LogP contribution in [0.3, 0.4) is 0 Å². The van der Waals surface area contributed by atoms with Crippen molar-refractivity contribution >= 4 is 16.3 Å². The van der Waals surface area contributed by atoms with Gasteiger partial charge in [0.25, 0.3) is 10.2 Å². The molecule has 2 fully saturated rings. The topological polar surface area (TPSA) is 118 Å². The fraction of sp³-hybridized carbons (Fsp3) is 0.696. The van der Waals surface area contributed by atoms with Gasteiger partial charge in [0, 0.05) is 19.6 Å². The van der Waals surface area contributed by atoms with Crippen molar-refractivity contribution in [3.63, 3.8) is 0 Å². The summed E-state index contributed by atoms with van der Waals surface area (Å²) in [5, 5.41) is 9.78. The number of ether oxygens (including phenoxy) is 3. The Bertz CT molecular complexity index is 904. The molecule has 0 aromatic heterocycles. The second-order valence-corrected chi connectivity index (χ2v) is 10.8. The minimum absolute atomic E-state index is 0.0320. The van der Waals surface area contributed by atoms with Crippen LogP contribution in [0.15, 0.2) is 24.3 Å². The molecule has 1 heterocycles. The number of carbonyl (C=O) groups excluding carboxylic acids is 1. The van der Waals surface area contributed by atoms with Crippen molar-refractivity contribution in [2.75, 3.05) is 27.9 Å². The van der Waals surface area contributed by atoms with Crippen molar-refractivity contribution in [3.8, 4) is 5.75 Å². The van der Waals surface area contributed by atoms with Crippen molar-refractivity contribution in [2.24, 2.45) is 0 Å². The maximum absolute atomic E-state index is 13.1. The molecule has 10 nitrogen and oxygen atoms in total. The molecule has 0 radical (unpaired) electrons. The lowest BCUT2D eigenvalue weighted by Crippen LogP contribution is -2.53. The lowest BCUT2D eigenvalue weighted by atomic mass is 9.95. The number of carbonyl (C=O) groups is 1. The van der Waals surface area contributed by atoms with Gasteiger partial charge in [0.2, 0.25) is 0 Å². The molecular formula is C23H37N3O7S. The normalized spacial score (nSPS) is 27.7. The first-order chi connectivity index (χ1) is 16.2. The summed E-state index contributed by atoms with van der Waals surface area (Å²) >= 11 is 0. The Morgan fingerprint density at radius 3 is 2.38 bits per heavy atom. The van der Waals surface area contributed by atoms with Gasteiger partial charge in [-0.25, -0.2) is 9.52 Å². The third kappa shape index (κ3) is 6.19. The van der Waals surface area contributed by atoms with Gasteiger partial charge in [-0.3, -0.25) is 4.90 Å². The Hall–Kier alpha value is -1.92. The Labute approximate surface area is 202 Å². The van der Waals surface area contributed by atoms with E-state index in [1.807, 2.05) is 19.1 Å². The molecule has 34 heavy (non-hydrogen) atoms. The molecule has 0 bridgehead atoms. The number of nitrogens with zero attached hydrogens (tertiary/aromatic N) is 2. The van der Waals surface area contributed by atoms with Crippen LogP contribution in [0.1, 0.15) is 44.6 Å². The molecule has 1 aromatic carbocycles. The summed E-state index contributed by atoms with van der Waals surface area (Å²) in [7, 11) is 0.442. The van der Waals surface area contributed by atoms with Crippen LogP contribution >= 0.6 is 0 Å². The summed E-state index contributed by atoms with van der Waals surface area (Å²) in [5.41, 5.74) is 0.796. The number of nitrogens with one attached hydrogen (secondary N) is 1. The van der Waals surface area contributed by atoms with E-state index in [2.05, 4.69) is 4.72 Å². The minimum Gasteiger partial charge on any atom is -0.497 e. The Balaban J connectivity index is 1.87. The number of benzene rings is 1. The van der Waals surface area contributed by atoms with E-state index in [0.717, 1.165) is 18.4 Å². The first-order valence-electron chi connectivity index (χ1n) is 11.7. The average Bonchev–Trinajstić information content (AvgIpc) is 3.17. The van der Waals surface area contributed by atoms with Crippen LogP contribution < -0.4 is 9.46 Å². The van der Waals surface area contributed by atoms with Gasteiger partial charge in [-0.1, -0.05) is 12.1 Å². The van der Waals surface area contributed by atoms with Crippen molar-refractivity contribution in [3.05, 3.63) is 29.8 Å². The third-order valence-corrected chi connectivity index (χ3v) is 8.36. The highest BCUT2D eigenvalue weighted by Gasteiger charge is 2.48. The van der Waals surface area contributed by atoms with E-state index in [4.69, 9.17) is 14.2 Å². The molecule has 3 atom stereocenters. The highest BCUT2D eigenvalue weighted by atomic mass is 32.2. The average molecular weight is 500 g/mol. The summed E-state index contributed by atoms with van der Waals surface area (Å²) in [6, 6.07) is 5.97. The largest absolute Gasteiger partial charge is 0.497 e. The lowest BCUT2D eigenvalue weighted by molar-refractivity contribution is -0.0297. The van der Waals surface area contributed by atoms with Crippen LogP contribution in [0, 0.1) is 0 Å². The van der Waals surface area contributed by atoms with Crippen LogP contribution in [0.25, 0.3) is 0 Å². The molecule has 3 rings (SSSR count). The molecule has 2 N–H and O–H groups in total. The Morgan fingerprint density at radius 1 is 1.18 bits per heavy atom. The van der Waals surface area contributed by atoms with E-state index in [1.54, 1.807) is 24.1 Å². The van der Waals surface area contributed by atoms with Gasteiger partial charge < -0.3 is 19.3 Å². The maximum Gasteiger partial charge on any atom is 0.410 e. The van der Waals surface area contributed by atoms with E-state index in [0.29, 0.717) is 25.0 Å². The molecule has 1 aliphatic carbocycles. The maximum atomic E-state index is 13.1. The van der Waals surface area contributed by atoms with Crippen LogP contribution in [-0.2, 0) is 26.2 Å². The monoisotopic (exact) mass is 499 g/mol. The van der Waals surface area contributed by atoms with E-state index in [9.17, 15) is 18.3 Å². The minimum atomic E-state index is -3.84. The first-order valence-corrected chi connectivity index (χ1v) is 13.1. The smallest absolute Gasteiger partial charge is 0.410 e. The summed E-state index contributed by atoms with van der Waals surface area (Å²) in [6.45, 7) is 2.20. The number of amides is 1. The quantitative estimate of drug-likeness (QED) is 0.533. The molecule has 1 aliphatic heterocycles. The van der Waals surface area contributed by atoms with Crippen molar-refractivity contribution in [1.29, 1.82) is 0 Å². The standard InChI is InChI=1S/C23H37N3O7S/c1-16-13-21(25(34(29,30)24-2)14-17-5-9-19(31-3)10-6-17)22(26(16)23(28)32-4)15-33-20-11-7-18(27)8-12-20/h5-6,9-10,16,18,20-22,24,27H,7-8,11-15H2,1-4H3/t16-,18?,20?,21+,22+/m1/s1. The van der Waals surface area contributed by atoms with Crippen molar-refractivity contribution in [2.45, 2.75) is 75.9 Å². The van der Waals surface area contributed by atoms with Gasteiger partial charge in [0.1, 0.15) is 5.75 Å². The molecule has 192 valence electrons. The van der Waals surface area contributed by atoms with Crippen LogP contribution in [0.5, 0.6) is 5.75 Å². The Kier molecular flexibility index (Phi) is 9.16. The van der Waals surface area contributed by atoms with Gasteiger partial charge in [0.05, 0.1) is 45.1 Å². The zero-order chi connectivity index (χ0) is 24.9. The number of hydrogen-bond acceptors (Lipinski definition) is 7. The van der Waals surface area contributed by atoms with E-state index < -0.39 is 28.4 Å². The van der Waals surface area contributed by atoms with Crippen LogP contribution in [0.4, 0.5) is 4.79 Å².